The molecule has 1 saturated heterocycles. The van der Waals surface area contributed by atoms with Gasteiger partial charge in [-0.1, -0.05) is 13.8 Å². The van der Waals surface area contributed by atoms with Crippen molar-refractivity contribution >= 4 is 72.2 Å². The first-order valence-electron chi connectivity index (χ1n) is 14.5. The van der Waals surface area contributed by atoms with Crippen molar-refractivity contribution in [2.45, 2.75) is 51.6 Å². The van der Waals surface area contributed by atoms with Crippen molar-refractivity contribution in [3.63, 3.8) is 0 Å². The fourth-order valence-corrected chi connectivity index (χ4v) is 7.25. The molecule has 3 N–H and O–H groups in total. The summed E-state index contributed by atoms with van der Waals surface area (Å²) >= 11 is 9.34. The van der Waals surface area contributed by atoms with Crippen LogP contribution in [-0.2, 0) is 57.1 Å². The summed E-state index contributed by atoms with van der Waals surface area (Å²) in [5, 5.41) is 12.3. The zero-order valence-electron chi connectivity index (χ0n) is 25.8. The first-order chi connectivity index (χ1) is 23.4. The lowest BCUT2D eigenvalue weighted by Crippen LogP contribution is -2.31. The molecular formula is C25H30FN10O9P2S2+. The first-order valence-corrected chi connectivity index (χ1v) is 19.4. The number of thiol groups is 1. The van der Waals surface area contributed by atoms with Crippen LogP contribution in [-0.4, -0.2) is 94.8 Å². The van der Waals surface area contributed by atoms with Gasteiger partial charge in [0.05, 0.1) is 25.7 Å². The van der Waals surface area contributed by atoms with Crippen LogP contribution in [0, 0.1) is 12.5 Å². The third-order valence-electron chi connectivity index (χ3n) is 6.99. The van der Waals surface area contributed by atoms with E-state index in [9.17, 15) is 19.3 Å². The number of H-pyrrole nitrogens is 1. The Morgan fingerprint density at radius 1 is 1.31 bits per heavy atom. The lowest BCUT2D eigenvalue weighted by molar-refractivity contribution is -0.118. The van der Waals surface area contributed by atoms with E-state index in [4.69, 9.17) is 41.2 Å². The molecule has 4 aromatic rings. The molecule has 24 heteroatoms. The van der Waals surface area contributed by atoms with Gasteiger partial charge in [-0.2, -0.15) is 4.98 Å². The second kappa shape index (κ2) is 16.1. The van der Waals surface area contributed by atoms with Gasteiger partial charge < -0.3 is 32.8 Å². The van der Waals surface area contributed by atoms with Crippen LogP contribution in [0.4, 0.5) is 10.3 Å². The molecule has 0 aromatic carbocycles. The predicted molar refractivity (Wildman–Crippen MR) is 177 cm³/mol. The highest BCUT2D eigenvalue weighted by atomic mass is 32.7. The van der Waals surface area contributed by atoms with Crippen molar-refractivity contribution in [1.29, 1.82) is 0 Å². The number of imidazole rings is 2. The normalized spacial score (nSPS) is 20.9. The number of fused-ring (bicyclic) bond motifs is 2. The number of aliphatic hydroxyl groups is 1. The molecule has 1 fully saturated rings. The zero-order valence-corrected chi connectivity index (χ0v) is 29.3. The summed E-state index contributed by atoms with van der Waals surface area (Å²) in [6, 6.07) is 0. The van der Waals surface area contributed by atoms with Crippen LogP contribution in [0.15, 0.2) is 23.6 Å². The highest BCUT2D eigenvalue weighted by Gasteiger charge is 2.52. The summed E-state index contributed by atoms with van der Waals surface area (Å²) in [4.78, 5) is 51.3. The topological polar surface area (TPSA) is 224 Å². The number of hydrogen-bond donors (Lipinski definition) is 4. The SMILES string of the molecule is [C-]#[N+]CCOP(=S)(OCCn1c(CO)nc2cncnc21)OC[C@H]1O[C@@H](n2cnc3c(=O)[nH]c(NC(=O)C(C)C)nc32)[C@H](O[P+](=O)S)[C@@H]1F. The Morgan fingerprint density at radius 3 is 2.80 bits per heavy atom. The number of nitrogens with zero attached hydrogens (tertiary/aromatic N) is 8. The summed E-state index contributed by atoms with van der Waals surface area (Å²) in [5.41, 5.74) is -0.0112. The number of ether oxygens (including phenoxy) is 1. The lowest BCUT2D eigenvalue weighted by atomic mass is 10.1. The van der Waals surface area contributed by atoms with E-state index in [1.165, 1.54) is 17.1 Å². The number of alkyl halides is 1. The molecular weight excluding hydrogens is 729 g/mol. The van der Waals surface area contributed by atoms with E-state index >= 15 is 4.39 Å². The minimum Gasteiger partial charge on any atom is -0.388 e. The van der Waals surface area contributed by atoms with Gasteiger partial charge >= 0.3 is 13.9 Å². The van der Waals surface area contributed by atoms with Crippen molar-refractivity contribution in [3.8, 4) is 0 Å². The summed E-state index contributed by atoms with van der Waals surface area (Å²) < 4.78 is 59.4. The van der Waals surface area contributed by atoms with E-state index in [1.54, 1.807) is 18.4 Å². The highest BCUT2D eigenvalue weighted by molar-refractivity contribution is 8.39. The van der Waals surface area contributed by atoms with Crippen molar-refractivity contribution < 1.29 is 41.7 Å². The van der Waals surface area contributed by atoms with Gasteiger partial charge in [-0.3, -0.25) is 24.5 Å². The molecule has 19 nitrogen and oxygen atoms in total. The Balaban J connectivity index is 1.35. The van der Waals surface area contributed by atoms with Gasteiger partial charge in [0, 0.05) is 12.5 Å². The zero-order chi connectivity index (χ0) is 35.3. The molecule has 262 valence electrons. The van der Waals surface area contributed by atoms with Crippen molar-refractivity contribution in [2.24, 2.45) is 5.92 Å². The molecule has 0 bridgehead atoms. The highest BCUT2D eigenvalue weighted by Crippen LogP contribution is 2.51. The summed E-state index contributed by atoms with van der Waals surface area (Å²) in [6.45, 7) is 5.62. The van der Waals surface area contributed by atoms with Crippen molar-refractivity contribution in [2.75, 3.05) is 31.7 Å². The molecule has 1 amide bonds. The summed E-state index contributed by atoms with van der Waals surface area (Å²) in [6.07, 6.45) is -2.31. The van der Waals surface area contributed by atoms with E-state index in [0.717, 1.165) is 6.33 Å². The maximum Gasteiger partial charge on any atom is 0.582 e. The van der Waals surface area contributed by atoms with Crippen LogP contribution >= 0.6 is 26.2 Å². The van der Waals surface area contributed by atoms with Crippen LogP contribution in [0.3, 0.4) is 0 Å². The largest absolute Gasteiger partial charge is 0.582 e. The Labute approximate surface area is 288 Å². The maximum atomic E-state index is 16.0. The molecule has 49 heavy (non-hydrogen) atoms. The molecule has 1 aliphatic heterocycles. The number of carbonyl (C=O) groups is 1. The van der Waals surface area contributed by atoms with Crippen LogP contribution in [0.1, 0.15) is 25.9 Å². The molecule has 0 aliphatic carbocycles. The number of rotatable bonds is 16. The number of carbonyl (C=O) groups excluding carboxylic acids is 1. The number of halogens is 1. The van der Waals surface area contributed by atoms with Gasteiger partial charge in [-0.25, -0.2) is 30.9 Å². The van der Waals surface area contributed by atoms with E-state index in [-0.39, 0.29) is 50.0 Å². The average Bonchev–Trinajstić information content (AvgIpc) is 3.74. The first kappa shape index (κ1) is 36.9. The van der Waals surface area contributed by atoms with Gasteiger partial charge in [-0.05, 0) is 16.4 Å². The van der Waals surface area contributed by atoms with Gasteiger partial charge in [0.1, 0.15) is 49.2 Å². The smallest absolute Gasteiger partial charge is 0.388 e. The number of aromatic nitrogens is 8. The molecule has 6 atom stereocenters. The van der Waals surface area contributed by atoms with E-state index in [0.29, 0.717) is 17.0 Å². The van der Waals surface area contributed by atoms with Crippen molar-refractivity contribution in [3.05, 3.63) is 46.4 Å². The quantitative estimate of drug-likeness (QED) is 0.0557. The fraction of sp³-hybridized carbons (Fsp3) is 0.520. The van der Waals surface area contributed by atoms with Gasteiger partial charge in [0.25, 0.3) is 5.56 Å². The van der Waals surface area contributed by atoms with Crippen LogP contribution in [0.5, 0.6) is 0 Å². The van der Waals surface area contributed by atoms with Gasteiger partial charge in [-0.15, -0.1) is 4.52 Å². The minimum absolute atomic E-state index is 0.0546. The van der Waals surface area contributed by atoms with Crippen LogP contribution in [0.25, 0.3) is 27.2 Å². The van der Waals surface area contributed by atoms with Crippen LogP contribution in [0.2, 0.25) is 0 Å². The number of hydrogen-bond acceptors (Lipinski definition) is 15. The van der Waals surface area contributed by atoms with E-state index in [2.05, 4.69) is 52.3 Å². The van der Waals surface area contributed by atoms with Gasteiger partial charge in [0.2, 0.25) is 18.4 Å². The second-order valence-electron chi connectivity index (χ2n) is 10.6. The number of aromatic amines is 1. The number of anilines is 1. The third kappa shape index (κ3) is 8.52. The minimum atomic E-state index is -3.65. The molecule has 2 unspecified atom stereocenters. The van der Waals surface area contributed by atoms with Gasteiger partial charge in [0.15, 0.2) is 35.3 Å². The summed E-state index contributed by atoms with van der Waals surface area (Å²) in [5.74, 6) is -0.715. The average molecular weight is 760 g/mol. The third-order valence-corrected chi connectivity index (χ3v) is 10.1. The Hall–Kier alpha value is -3.35. The monoisotopic (exact) mass is 759 g/mol. The standard InChI is InChI=1S/C25H29FN10O9P2S2/c1-13(2)22(38)33-25-32-21-18(23(39)34-25)30-12-36(21)24-19(45-46(40)48)17(26)15(44-24)10-43-47(49,41-6-4-27-3)42-7-5-35-16(9-37)31-14-8-28-11-29-20(14)35/h8,11-13,15,17,19,24,37H,4-7,9-10H2,1-2H3,(H2-,32,33,34,38,39,40,48)/p+1/t15-,17-,19-,24-,47?/m1/s1. The maximum absolute atomic E-state index is 16.0. The molecule has 1 aliphatic rings. The Morgan fingerprint density at radius 2 is 2.08 bits per heavy atom. The summed E-state index contributed by atoms with van der Waals surface area (Å²) in [7, 11) is -2.64. The van der Waals surface area contributed by atoms with Crippen LogP contribution < -0.4 is 10.9 Å². The number of aliphatic hydroxyl groups excluding tert-OH is 1. The molecule has 0 saturated carbocycles. The molecule has 4 aromatic heterocycles. The molecule has 5 rings (SSSR count). The van der Waals surface area contributed by atoms with E-state index < -0.39 is 62.5 Å². The number of amides is 1. The lowest BCUT2D eigenvalue weighted by Gasteiger charge is -2.23. The fourth-order valence-electron chi connectivity index (χ4n) is 4.70. The molecule has 5 heterocycles. The predicted octanol–water partition coefficient (Wildman–Crippen LogP) is 2.45. The number of nitrogens with one attached hydrogen (secondary N) is 2. The molecule has 0 spiro atoms. The van der Waals surface area contributed by atoms with E-state index in [1.807, 2.05) is 0 Å². The Bertz CT molecular complexity index is 1990. The molecule has 0 radical (unpaired) electrons. The second-order valence-corrected chi connectivity index (χ2v) is 15.2. The van der Waals surface area contributed by atoms with Crippen molar-refractivity contribution in [1.82, 2.24) is 39.0 Å². The Kier molecular flexibility index (Phi) is 12.1.